The van der Waals surface area contributed by atoms with E-state index in [1.165, 1.54) is 23.8 Å². The Balaban J connectivity index is 1.31. The van der Waals surface area contributed by atoms with Crippen LogP contribution < -0.4 is 5.32 Å². The molecule has 4 heteroatoms. The molecule has 2 aromatic rings. The molecule has 2 aliphatic heterocycles. The molecule has 24 heavy (non-hydrogen) atoms. The van der Waals surface area contributed by atoms with Gasteiger partial charge in [-0.05, 0) is 50.3 Å². The predicted octanol–water partition coefficient (Wildman–Crippen LogP) is 2.95. The van der Waals surface area contributed by atoms with E-state index in [1.807, 2.05) is 18.2 Å². The molecule has 2 atom stereocenters. The van der Waals surface area contributed by atoms with Crippen molar-refractivity contribution in [2.24, 2.45) is 17.8 Å². The van der Waals surface area contributed by atoms with Gasteiger partial charge in [0.1, 0.15) is 11.3 Å². The fraction of sp³-hybridized carbons (Fsp3) is 0.550. The van der Waals surface area contributed by atoms with E-state index in [0.717, 1.165) is 56.3 Å². The number of amides is 1. The average molecular weight is 324 g/mol. The third-order valence-corrected chi connectivity index (χ3v) is 6.20. The van der Waals surface area contributed by atoms with Crippen LogP contribution in [0, 0.1) is 17.8 Å². The molecule has 3 aliphatic rings. The van der Waals surface area contributed by atoms with Crippen molar-refractivity contribution in [3.8, 4) is 0 Å². The summed E-state index contributed by atoms with van der Waals surface area (Å²) < 4.78 is 5.97. The monoisotopic (exact) mass is 324 g/mol. The first kappa shape index (κ1) is 14.5. The molecule has 1 aromatic heterocycles. The maximum Gasteiger partial charge on any atom is 0.226 e. The van der Waals surface area contributed by atoms with Crippen LogP contribution in [0.5, 0.6) is 0 Å². The number of fused-ring (bicyclic) bond motifs is 3. The molecule has 1 aliphatic carbocycles. The Hall–Kier alpha value is -1.81. The number of carbonyl (C=O) groups is 1. The molecule has 2 fully saturated rings. The SMILES string of the molecule is O=C([C@@H]1C[C@H]1C1CCNCC1)N1CCc2oc3ccccc3c2C1. The Morgan fingerprint density at radius 2 is 2.04 bits per heavy atom. The summed E-state index contributed by atoms with van der Waals surface area (Å²) in [4.78, 5) is 15.0. The number of carbonyl (C=O) groups excluding carboxylic acids is 1. The Bertz CT molecular complexity index is 775. The fourth-order valence-electron chi connectivity index (χ4n) is 4.75. The third-order valence-electron chi connectivity index (χ3n) is 6.20. The van der Waals surface area contributed by atoms with Crippen molar-refractivity contribution < 1.29 is 9.21 Å². The van der Waals surface area contributed by atoms with E-state index in [2.05, 4.69) is 16.3 Å². The van der Waals surface area contributed by atoms with Gasteiger partial charge in [-0.15, -0.1) is 0 Å². The van der Waals surface area contributed by atoms with Crippen LogP contribution in [0.3, 0.4) is 0 Å². The van der Waals surface area contributed by atoms with Gasteiger partial charge < -0.3 is 14.6 Å². The van der Waals surface area contributed by atoms with Gasteiger partial charge in [-0.2, -0.15) is 0 Å². The highest BCUT2D eigenvalue weighted by atomic mass is 16.3. The van der Waals surface area contributed by atoms with Crippen LogP contribution in [0.1, 0.15) is 30.6 Å². The second kappa shape index (κ2) is 5.62. The normalized spacial score (nSPS) is 27.2. The van der Waals surface area contributed by atoms with Crippen molar-refractivity contribution in [2.45, 2.75) is 32.2 Å². The summed E-state index contributed by atoms with van der Waals surface area (Å²) in [5, 5.41) is 4.60. The van der Waals surface area contributed by atoms with Gasteiger partial charge in [-0.3, -0.25) is 4.79 Å². The Morgan fingerprint density at radius 3 is 2.92 bits per heavy atom. The number of benzene rings is 1. The number of piperidine rings is 1. The van der Waals surface area contributed by atoms with Gasteiger partial charge in [0.2, 0.25) is 5.91 Å². The molecule has 1 amide bonds. The molecule has 0 radical (unpaired) electrons. The van der Waals surface area contributed by atoms with Crippen molar-refractivity contribution in [1.29, 1.82) is 0 Å². The van der Waals surface area contributed by atoms with Crippen molar-refractivity contribution >= 4 is 16.9 Å². The zero-order chi connectivity index (χ0) is 16.1. The number of nitrogens with zero attached hydrogens (tertiary/aromatic N) is 1. The molecule has 0 bridgehead atoms. The van der Waals surface area contributed by atoms with Gasteiger partial charge in [0.15, 0.2) is 0 Å². The molecule has 1 saturated heterocycles. The highest BCUT2D eigenvalue weighted by molar-refractivity contribution is 5.85. The standard InChI is InChI=1S/C20H24N2O2/c23-20(16-11-15(16)13-5-8-21-9-6-13)22-10-7-19-17(12-22)14-3-1-2-4-18(14)24-19/h1-4,13,15-16,21H,5-12H2/t15-,16+/m0/s1. The predicted molar refractivity (Wildman–Crippen MR) is 92.5 cm³/mol. The van der Waals surface area contributed by atoms with E-state index in [1.54, 1.807) is 0 Å². The fourth-order valence-corrected chi connectivity index (χ4v) is 4.75. The van der Waals surface area contributed by atoms with Gasteiger partial charge in [0, 0.05) is 36.4 Å². The van der Waals surface area contributed by atoms with Crippen molar-refractivity contribution in [2.75, 3.05) is 19.6 Å². The summed E-state index contributed by atoms with van der Waals surface area (Å²) in [5.74, 6) is 3.14. The number of furan rings is 1. The summed E-state index contributed by atoms with van der Waals surface area (Å²) in [7, 11) is 0. The minimum absolute atomic E-state index is 0.285. The topological polar surface area (TPSA) is 45.5 Å². The second-order valence-electron chi connectivity index (χ2n) is 7.60. The Labute approximate surface area is 142 Å². The highest BCUT2D eigenvalue weighted by Crippen LogP contribution is 2.48. The van der Waals surface area contributed by atoms with Crippen LogP contribution in [0.4, 0.5) is 0 Å². The first-order valence-electron chi connectivity index (χ1n) is 9.30. The summed E-state index contributed by atoms with van der Waals surface area (Å²) in [6, 6.07) is 8.19. The number of hydrogen-bond donors (Lipinski definition) is 1. The van der Waals surface area contributed by atoms with E-state index in [0.29, 0.717) is 11.8 Å². The van der Waals surface area contributed by atoms with Gasteiger partial charge in [-0.1, -0.05) is 18.2 Å². The lowest BCUT2D eigenvalue weighted by Crippen LogP contribution is -2.37. The summed E-state index contributed by atoms with van der Waals surface area (Å²) in [5.41, 5.74) is 2.18. The second-order valence-corrected chi connectivity index (χ2v) is 7.60. The van der Waals surface area contributed by atoms with E-state index >= 15 is 0 Å². The summed E-state index contributed by atoms with van der Waals surface area (Å²) in [6.07, 6.45) is 4.44. The van der Waals surface area contributed by atoms with Crippen LogP contribution in [-0.4, -0.2) is 30.4 Å². The Kier molecular flexibility index (Phi) is 3.40. The number of hydrogen-bond acceptors (Lipinski definition) is 3. The van der Waals surface area contributed by atoms with Gasteiger partial charge in [-0.25, -0.2) is 0 Å². The lowest BCUT2D eigenvalue weighted by molar-refractivity contribution is -0.134. The third kappa shape index (κ3) is 2.35. The van der Waals surface area contributed by atoms with E-state index in [-0.39, 0.29) is 5.92 Å². The van der Waals surface area contributed by atoms with E-state index in [4.69, 9.17) is 4.42 Å². The highest BCUT2D eigenvalue weighted by Gasteiger charge is 2.49. The van der Waals surface area contributed by atoms with Crippen LogP contribution in [0.15, 0.2) is 28.7 Å². The quantitative estimate of drug-likeness (QED) is 0.924. The maximum atomic E-state index is 13.0. The van der Waals surface area contributed by atoms with Gasteiger partial charge in [0.25, 0.3) is 0 Å². The number of para-hydroxylation sites is 1. The van der Waals surface area contributed by atoms with E-state index in [9.17, 15) is 4.79 Å². The molecular weight excluding hydrogens is 300 g/mol. The number of nitrogens with one attached hydrogen (secondary N) is 1. The van der Waals surface area contributed by atoms with Gasteiger partial charge in [0.05, 0.1) is 0 Å². The van der Waals surface area contributed by atoms with Crippen LogP contribution in [-0.2, 0) is 17.8 Å². The minimum atomic E-state index is 0.285. The summed E-state index contributed by atoms with van der Waals surface area (Å²) in [6.45, 7) is 3.77. The van der Waals surface area contributed by atoms with E-state index < -0.39 is 0 Å². The number of rotatable bonds is 2. The zero-order valence-corrected chi connectivity index (χ0v) is 14.0. The first-order valence-corrected chi connectivity index (χ1v) is 9.30. The lowest BCUT2D eigenvalue weighted by Gasteiger charge is -2.28. The molecule has 3 heterocycles. The van der Waals surface area contributed by atoms with Crippen LogP contribution in [0.25, 0.3) is 11.0 Å². The first-order chi connectivity index (χ1) is 11.8. The largest absolute Gasteiger partial charge is 0.461 e. The maximum absolute atomic E-state index is 13.0. The smallest absolute Gasteiger partial charge is 0.226 e. The Morgan fingerprint density at radius 1 is 1.21 bits per heavy atom. The molecule has 1 aromatic carbocycles. The summed E-state index contributed by atoms with van der Waals surface area (Å²) >= 11 is 0. The molecule has 0 unspecified atom stereocenters. The molecule has 126 valence electrons. The van der Waals surface area contributed by atoms with Gasteiger partial charge >= 0.3 is 0 Å². The van der Waals surface area contributed by atoms with Crippen molar-refractivity contribution in [3.05, 3.63) is 35.6 Å². The molecular formula is C20H24N2O2. The van der Waals surface area contributed by atoms with Crippen LogP contribution >= 0.6 is 0 Å². The lowest BCUT2D eigenvalue weighted by atomic mass is 9.91. The molecule has 1 N–H and O–H groups in total. The van der Waals surface area contributed by atoms with Crippen molar-refractivity contribution in [3.63, 3.8) is 0 Å². The van der Waals surface area contributed by atoms with Crippen molar-refractivity contribution in [1.82, 2.24) is 10.2 Å². The minimum Gasteiger partial charge on any atom is -0.461 e. The van der Waals surface area contributed by atoms with Crippen LogP contribution in [0.2, 0.25) is 0 Å². The molecule has 1 saturated carbocycles. The molecule has 5 rings (SSSR count). The molecule has 0 spiro atoms. The zero-order valence-electron chi connectivity index (χ0n) is 14.0. The molecule has 4 nitrogen and oxygen atoms in total. The average Bonchev–Trinajstić information content (AvgIpc) is 3.36.